The molecule has 0 aromatic heterocycles. The molecule has 132 valence electrons. The van der Waals surface area contributed by atoms with Crippen LogP contribution in [-0.2, 0) is 0 Å². The molecule has 0 aliphatic rings. The average molecular weight is 378 g/mol. The molecule has 7 heteroatoms. The van der Waals surface area contributed by atoms with Crippen LogP contribution in [0, 0.1) is 6.92 Å². The molecule has 0 spiro atoms. The second-order valence-electron chi connectivity index (χ2n) is 5.08. The minimum atomic E-state index is 0.375. The van der Waals surface area contributed by atoms with Crippen LogP contribution < -0.4 is 20.2 Å². The lowest BCUT2D eigenvalue weighted by atomic mass is 10.2. The van der Waals surface area contributed by atoms with E-state index in [0.29, 0.717) is 28.2 Å². The number of rotatable bonds is 6. The molecule has 0 saturated carbocycles. The second kappa shape index (κ2) is 9.25. The fraction of sp³-hybridized carbons (Fsp3) is 0.222. The van der Waals surface area contributed by atoms with Crippen molar-refractivity contribution in [1.82, 2.24) is 5.43 Å². The number of benzene rings is 2. The smallest absolute Gasteiger partial charge is 0.191 e. The summed E-state index contributed by atoms with van der Waals surface area (Å²) in [5, 5.41) is 8.26. The van der Waals surface area contributed by atoms with Crippen LogP contribution in [0.5, 0.6) is 11.5 Å². The van der Waals surface area contributed by atoms with Gasteiger partial charge in [0.1, 0.15) is 0 Å². The Morgan fingerprint density at radius 1 is 1.28 bits per heavy atom. The van der Waals surface area contributed by atoms with Gasteiger partial charge in [-0.05, 0) is 67.5 Å². The predicted molar refractivity (Wildman–Crippen MR) is 107 cm³/mol. The lowest BCUT2D eigenvalue weighted by Gasteiger charge is -2.11. The first-order chi connectivity index (χ1) is 12.0. The number of hydrazone groups is 1. The molecule has 0 radical (unpaired) electrons. The predicted octanol–water partition coefficient (Wildman–Crippen LogP) is 4.38. The molecule has 0 heterocycles. The van der Waals surface area contributed by atoms with Crippen LogP contribution in [0.15, 0.2) is 41.5 Å². The number of halogens is 1. The van der Waals surface area contributed by atoms with Crippen molar-refractivity contribution in [3.05, 3.63) is 52.5 Å². The Labute approximate surface area is 158 Å². The molecular formula is C18H20ClN3O2S. The number of thiocarbonyl (C=S) groups is 1. The van der Waals surface area contributed by atoms with Crippen molar-refractivity contribution < 1.29 is 9.47 Å². The van der Waals surface area contributed by atoms with E-state index >= 15 is 0 Å². The van der Waals surface area contributed by atoms with E-state index in [1.165, 1.54) is 0 Å². The van der Waals surface area contributed by atoms with Gasteiger partial charge in [0.2, 0.25) is 0 Å². The first-order valence-electron chi connectivity index (χ1n) is 7.71. The highest BCUT2D eigenvalue weighted by Crippen LogP contribution is 2.27. The van der Waals surface area contributed by atoms with E-state index in [2.05, 4.69) is 15.8 Å². The van der Waals surface area contributed by atoms with Gasteiger partial charge in [0.15, 0.2) is 16.6 Å². The van der Waals surface area contributed by atoms with Crippen LogP contribution in [0.25, 0.3) is 0 Å². The molecule has 2 aromatic carbocycles. The van der Waals surface area contributed by atoms with Gasteiger partial charge in [0.25, 0.3) is 0 Å². The number of methoxy groups -OCH3 is 1. The third-order valence-electron chi connectivity index (χ3n) is 3.38. The molecule has 25 heavy (non-hydrogen) atoms. The molecule has 0 bridgehead atoms. The molecule has 2 rings (SSSR count). The Hall–Kier alpha value is -2.31. The molecule has 0 unspecified atom stereocenters. The van der Waals surface area contributed by atoms with Gasteiger partial charge in [-0.25, -0.2) is 0 Å². The summed E-state index contributed by atoms with van der Waals surface area (Å²) in [6.07, 6.45) is 1.65. The minimum Gasteiger partial charge on any atom is -0.493 e. The summed E-state index contributed by atoms with van der Waals surface area (Å²) in [5.74, 6) is 1.35. The van der Waals surface area contributed by atoms with Crippen LogP contribution >= 0.6 is 23.8 Å². The minimum absolute atomic E-state index is 0.375. The zero-order valence-electron chi connectivity index (χ0n) is 14.3. The third-order valence-corrected chi connectivity index (χ3v) is 3.99. The zero-order valence-corrected chi connectivity index (χ0v) is 15.9. The summed E-state index contributed by atoms with van der Waals surface area (Å²) in [6.45, 7) is 4.40. The Balaban J connectivity index is 1.99. The lowest BCUT2D eigenvalue weighted by Crippen LogP contribution is -2.24. The maximum Gasteiger partial charge on any atom is 0.191 e. The Kier molecular flexibility index (Phi) is 7.03. The Morgan fingerprint density at radius 2 is 2.08 bits per heavy atom. The van der Waals surface area contributed by atoms with Crippen molar-refractivity contribution in [2.45, 2.75) is 13.8 Å². The molecule has 0 aliphatic carbocycles. The highest BCUT2D eigenvalue weighted by Gasteiger charge is 2.05. The van der Waals surface area contributed by atoms with Crippen LogP contribution in [0.2, 0.25) is 5.02 Å². The van der Waals surface area contributed by atoms with E-state index in [0.717, 1.165) is 16.8 Å². The number of hydrogen-bond acceptors (Lipinski definition) is 4. The third kappa shape index (κ3) is 5.34. The van der Waals surface area contributed by atoms with Crippen molar-refractivity contribution in [3.63, 3.8) is 0 Å². The fourth-order valence-electron chi connectivity index (χ4n) is 2.10. The molecule has 0 atom stereocenters. The van der Waals surface area contributed by atoms with Gasteiger partial charge in [0, 0.05) is 10.7 Å². The summed E-state index contributed by atoms with van der Waals surface area (Å²) in [4.78, 5) is 0. The quantitative estimate of drug-likeness (QED) is 0.444. The summed E-state index contributed by atoms with van der Waals surface area (Å²) < 4.78 is 10.8. The molecule has 0 fully saturated rings. The lowest BCUT2D eigenvalue weighted by molar-refractivity contribution is 0.311. The molecule has 0 aliphatic heterocycles. The number of nitrogens with zero attached hydrogens (tertiary/aromatic N) is 1. The molecular weight excluding hydrogens is 358 g/mol. The van der Waals surface area contributed by atoms with Crippen molar-refractivity contribution in [2.75, 3.05) is 19.0 Å². The van der Waals surface area contributed by atoms with Gasteiger partial charge < -0.3 is 14.8 Å². The van der Waals surface area contributed by atoms with Gasteiger partial charge in [-0.3, -0.25) is 5.43 Å². The van der Waals surface area contributed by atoms with Gasteiger partial charge >= 0.3 is 0 Å². The number of anilines is 1. The highest BCUT2D eigenvalue weighted by atomic mass is 35.5. The van der Waals surface area contributed by atoms with Crippen LogP contribution in [-0.4, -0.2) is 25.0 Å². The van der Waals surface area contributed by atoms with Crippen molar-refractivity contribution in [2.24, 2.45) is 5.10 Å². The second-order valence-corrected chi connectivity index (χ2v) is 5.90. The van der Waals surface area contributed by atoms with E-state index < -0.39 is 0 Å². The average Bonchev–Trinajstić information content (AvgIpc) is 2.59. The largest absolute Gasteiger partial charge is 0.493 e. The molecule has 0 amide bonds. The maximum atomic E-state index is 6.09. The van der Waals surface area contributed by atoms with Crippen LogP contribution in [0.1, 0.15) is 18.1 Å². The number of hydrogen-bond donors (Lipinski definition) is 2. The first-order valence-corrected chi connectivity index (χ1v) is 8.49. The van der Waals surface area contributed by atoms with E-state index in [1.54, 1.807) is 13.3 Å². The first kappa shape index (κ1) is 19.0. The molecule has 2 N–H and O–H groups in total. The standard InChI is InChI=1S/C18H20ClN3O2S/c1-4-24-17-10-13(8-9-16(17)23-3)11-20-22-18(25)21-15-7-5-6-14(19)12(15)2/h5-11H,4H2,1-3H3,(H2,21,22,25)/b20-11+. The number of nitrogens with one attached hydrogen (secondary N) is 2. The van der Waals surface area contributed by atoms with Crippen molar-refractivity contribution >= 4 is 40.8 Å². The zero-order chi connectivity index (χ0) is 18.2. The van der Waals surface area contributed by atoms with E-state index in [1.807, 2.05) is 50.2 Å². The normalized spacial score (nSPS) is 10.6. The topological polar surface area (TPSA) is 54.9 Å². The Bertz CT molecular complexity index is 781. The van der Waals surface area contributed by atoms with Crippen molar-refractivity contribution in [3.8, 4) is 11.5 Å². The Morgan fingerprint density at radius 3 is 2.80 bits per heavy atom. The SMILES string of the molecule is CCOc1cc(/C=N/NC(=S)Nc2cccc(Cl)c2C)ccc1OC. The van der Waals surface area contributed by atoms with Gasteiger partial charge in [0.05, 0.1) is 19.9 Å². The van der Waals surface area contributed by atoms with Crippen molar-refractivity contribution in [1.29, 1.82) is 0 Å². The molecule has 5 nitrogen and oxygen atoms in total. The summed E-state index contributed by atoms with van der Waals surface area (Å²) in [6, 6.07) is 11.1. The summed E-state index contributed by atoms with van der Waals surface area (Å²) >= 11 is 11.3. The van der Waals surface area contributed by atoms with E-state index in [4.69, 9.17) is 33.3 Å². The monoisotopic (exact) mass is 377 g/mol. The van der Waals surface area contributed by atoms with Gasteiger partial charge in [-0.15, -0.1) is 0 Å². The maximum absolute atomic E-state index is 6.09. The highest BCUT2D eigenvalue weighted by molar-refractivity contribution is 7.80. The molecule has 2 aromatic rings. The number of ether oxygens (including phenoxy) is 2. The van der Waals surface area contributed by atoms with E-state index in [9.17, 15) is 0 Å². The fourth-order valence-corrected chi connectivity index (χ4v) is 2.44. The van der Waals surface area contributed by atoms with Gasteiger partial charge in [-0.1, -0.05) is 17.7 Å². The van der Waals surface area contributed by atoms with E-state index in [-0.39, 0.29) is 0 Å². The van der Waals surface area contributed by atoms with Crippen LogP contribution in [0.4, 0.5) is 5.69 Å². The molecule has 0 saturated heterocycles. The van der Waals surface area contributed by atoms with Crippen LogP contribution in [0.3, 0.4) is 0 Å². The summed E-state index contributed by atoms with van der Waals surface area (Å²) in [5.41, 5.74) is 5.40. The van der Waals surface area contributed by atoms with Gasteiger partial charge in [-0.2, -0.15) is 5.10 Å². The summed E-state index contributed by atoms with van der Waals surface area (Å²) in [7, 11) is 1.61.